The van der Waals surface area contributed by atoms with Crippen LogP contribution in [0, 0.1) is 5.41 Å². The molecule has 0 bridgehead atoms. The Morgan fingerprint density at radius 1 is 1.37 bits per heavy atom. The van der Waals surface area contributed by atoms with Crippen molar-refractivity contribution in [1.29, 1.82) is 0 Å². The minimum Gasteiger partial charge on any atom is -0.393 e. The van der Waals surface area contributed by atoms with Gasteiger partial charge in [-0.25, -0.2) is 0 Å². The molecule has 5 heteroatoms. The minimum atomic E-state index is -0.330. The van der Waals surface area contributed by atoms with Gasteiger partial charge < -0.3 is 10.4 Å². The van der Waals surface area contributed by atoms with Crippen molar-refractivity contribution in [1.82, 2.24) is 10.2 Å². The van der Waals surface area contributed by atoms with E-state index in [1.807, 2.05) is 18.7 Å². The average molecular weight is 288 g/mol. The van der Waals surface area contributed by atoms with E-state index in [1.165, 1.54) is 0 Å². The Bertz CT molecular complexity index is 289. The normalized spacial score (nSPS) is 20.9. The first-order valence-corrected chi connectivity index (χ1v) is 8.25. The van der Waals surface area contributed by atoms with Gasteiger partial charge in [0.15, 0.2) is 0 Å². The van der Waals surface area contributed by atoms with E-state index in [1.54, 1.807) is 6.92 Å². The fourth-order valence-electron chi connectivity index (χ4n) is 2.48. The third-order valence-electron chi connectivity index (χ3n) is 3.56. The van der Waals surface area contributed by atoms with E-state index < -0.39 is 0 Å². The molecule has 1 rings (SSSR count). The van der Waals surface area contributed by atoms with Gasteiger partial charge in [0.05, 0.1) is 12.1 Å². The summed E-state index contributed by atoms with van der Waals surface area (Å²) in [5.41, 5.74) is -0.0682. The lowest BCUT2D eigenvalue weighted by Crippen LogP contribution is -2.50. The second kappa shape index (κ2) is 7.50. The number of aliphatic hydroxyl groups excluding tert-OH is 1. The van der Waals surface area contributed by atoms with E-state index in [4.69, 9.17) is 0 Å². The number of carbonyl (C=O) groups is 1. The Labute approximate surface area is 121 Å². The van der Waals surface area contributed by atoms with Gasteiger partial charge in [0, 0.05) is 31.1 Å². The van der Waals surface area contributed by atoms with Gasteiger partial charge in [-0.2, -0.15) is 11.8 Å². The molecule has 0 aliphatic carbocycles. The van der Waals surface area contributed by atoms with Crippen LogP contribution < -0.4 is 5.32 Å². The maximum absolute atomic E-state index is 12.2. The van der Waals surface area contributed by atoms with Crippen molar-refractivity contribution in [3.05, 3.63) is 0 Å². The summed E-state index contributed by atoms with van der Waals surface area (Å²) < 4.78 is 0. The second-order valence-electron chi connectivity index (χ2n) is 6.26. The summed E-state index contributed by atoms with van der Waals surface area (Å²) in [5.74, 6) is 2.33. The lowest BCUT2D eigenvalue weighted by Gasteiger charge is -2.32. The molecule has 0 aromatic rings. The SMILES string of the molecule is CC(O)CC(C)(C)CNC(=O)C(C)N1CCSCC1. The molecular weight excluding hydrogens is 260 g/mol. The molecule has 1 aliphatic rings. The largest absolute Gasteiger partial charge is 0.393 e. The topological polar surface area (TPSA) is 52.6 Å². The van der Waals surface area contributed by atoms with Crippen molar-refractivity contribution in [2.45, 2.75) is 46.3 Å². The molecule has 1 heterocycles. The number of nitrogens with zero attached hydrogens (tertiary/aromatic N) is 1. The average Bonchev–Trinajstić information content (AvgIpc) is 2.34. The van der Waals surface area contributed by atoms with Crippen molar-refractivity contribution < 1.29 is 9.90 Å². The number of nitrogens with one attached hydrogen (secondary N) is 1. The minimum absolute atomic E-state index is 0.0525. The van der Waals surface area contributed by atoms with E-state index in [-0.39, 0.29) is 23.5 Å². The fraction of sp³-hybridized carbons (Fsp3) is 0.929. The molecule has 19 heavy (non-hydrogen) atoms. The number of thioether (sulfide) groups is 1. The van der Waals surface area contributed by atoms with Crippen LogP contribution in [-0.2, 0) is 4.79 Å². The second-order valence-corrected chi connectivity index (χ2v) is 7.48. The van der Waals surface area contributed by atoms with Crippen molar-refractivity contribution in [2.24, 2.45) is 5.41 Å². The Kier molecular flexibility index (Phi) is 6.63. The van der Waals surface area contributed by atoms with Crippen molar-refractivity contribution in [2.75, 3.05) is 31.1 Å². The van der Waals surface area contributed by atoms with E-state index >= 15 is 0 Å². The first-order chi connectivity index (χ1) is 8.82. The third kappa shape index (κ3) is 6.15. The van der Waals surface area contributed by atoms with Crippen LogP contribution in [0.1, 0.15) is 34.1 Å². The molecule has 0 radical (unpaired) electrons. The number of hydrogen-bond donors (Lipinski definition) is 2. The maximum Gasteiger partial charge on any atom is 0.237 e. The summed E-state index contributed by atoms with van der Waals surface area (Å²) >= 11 is 1.95. The van der Waals surface area contributed by atoms with Gasteiger partial charge in [0.2, 0.25) is 5.91 Å². The fourth-order valence-corrected chi connectivity index (χ4v) is 3.41. The van der Waals surface area contributed by atoms with Crippen LogP contribution in [0.25, 0.3) is 0 Å². The number of amides is 1. The number of carbonyl (C=O) groups excluding carboxylic acids is 1. The molecule has 1 amide bonds. The quantitative estimate of drug-likeness (QED) is 0.774. The van der Waals surface area contributed by atoms with E-state index in [9.17, 15) is 9.90 Å². The smallest absolute Gasteiger partial charge is 0.237 e. The van der Waals surface area contributed by atoms with E-state index in [2.05, 4.69) is 24.1 Å². The Morgan fingerprint density at radius 3 is 2.47 bits per heavy atom. The molecule has 1 fully saturated rings. The van der Waals surface area contributed by atoms with Crippen LogP contribution in [0.3, 0.4) is 0 Å². The highest BCUT2D eigenvalue weighted by atomic mass is 32.2. The first-order valence-electron chi connectivity index (χ1n) is 7.09. The van der Waals surface area contributed by atoms with Crippen LogP contribution in [0.2, 0.25) is 0 Å². The van der Waals surface area contributed by atoms with Crippen molar-refractivity contribution >= 4 is 17.7 Å². The van der Waals surface area contributed by atoms with Crippen LogP contribution in [0.15, 0.2) is 0 Å². The molecule has 2 atom stereocenters. The molecule has 1 aliphatic heterocycles. The Hall–Kier alpha value is -0.260. The molecule has 0 saturated carbocycles. The van der Waals surface area contributed by atoms with E-state index in [0.717, 1.165) is 24.6 Å². The van der Waals surface area contributed by atoms with Gasteiger partial charge >= 0.3 is 0 Å². The molecular formula is C14H28N2O2S. The molecule has 2 N–H and O–H groups in total. The molecule has 112 valence electrons. The van der Waals surface area contributed by atoms with Crippen molar-refractivity contribution in [3.63, 3.8) is 0 Å². The summed E-state index contributed by atoms with van der Waals surface area (Å²) in [6.07, 6.45) is 0.366. The predicted octanol–water partition coefficient (Wildman–Crippen LogP) is 1.34. The van der Waals surface area contributed by atoms with Crippen LogP contribution in [0.4, 0.5) is 0 Å². The van der Waals surface area contributed by atoms with Gasteiger partial charge in [0.25, 0.3) is 0 Å². The molecule has 2 unspecified atom stereocenters. The Balaban J connectivity index is 2.37. The van der Waals surface area contributed by atoms with E-state index in [0.29, 0.717) is 13.0 Å². The highest BCUT2D eigenvalue weighted by molar-refractivity contribution is 7.99. The summed E-state index contributed by atoms with van der Waals surface area (Å²) in [6, 6.07) is -0.0525. The van der Waals surface area contributed by atoms with Crippen LogP contribution in [-0.4, -0.2) is 59.2 Å². The molecule has 0 aromatic heterocycles. The summed E-state index contributed by atoms with van der Waals surface area (Å²) in [4.78, 5) is 14.4. The highest BCUT2D eigenvalue weighted by Crippen LogP contribution is 2.21. The van der Waals surface area contributed by atoms with Gasteiger partial charge in [-0.15, -0.1) is 0 Å². The zero-order valence-electron chi connectivity index (χ0n) is 12.6. The van der Waals surface area contributed by atoms with Crippen molar-refractivity contribution in [3.8, 4) is 0 Å². The molecule has 0 aromatic carbocycles. The predicted molar refractivity (Wildman–Crippen MR) is 81.4 cm³/mol. The standard InChI is InChI=1S/C14H28N2O2S/c1-11(17)9-14(3,4)10-15-13(18)12(2)16-5-7-19-8-6-16/h11-12,17H,5-10H2,1-4H3,(H,15,18). The number of rotatable bonds is 6. The van der Waals surface area contributed by atoms with Gasteiger partial charge in [0.1, 0.15) is 0 Å². The van der Waals surface area contributed by atoms with Crippen LogP contribution in [0.5, 0.6) is 0 Å². The van der Waals surface area contributed by atoms with Gasteiger partial charge in [-0.3, -0.25) is 9.69 Å². The van der Waals surface area contributed by atoms with Gasteiger partial charge in [-0.05, 0) is 25.7 Å². The van der Waals surface area contributed by atoms with Crippen LogP contribution >= 0.6 is 11.8 Å². The highest BCUT2D eigenvalue weighted by Gasteiger charge is 2.26. The maximum atomic E-state index is 12.2. The summed E-state index contributed by atoms with van der Waals surface area (Å²) in [6.45, 7) is 10.5. The lowest BCUT2D eigenvalue weighted by atomic mass is 9.87. The van der Waals surface area contributed by atoms with Gasteiger partial charge in [-0.1, -0.05) is 13.8 Å². The number of hydrogen-bond acceptors (Lipinski definition) is 4. The molecule has 4 nitrogen and oxygen atoms in total. The molecule has 0 spiro atoms. The monoisotopic (exact) mass is 288 g/mol. The Morgan fingerprint density at radius 2 is 1.95 bits per heavy atom. The number of aliphatic hydroxyl groups is 1. The zero-order valence-corrected chi connectivity index (χ0v) is 13.4. The summed E-state index contributed by atoms with van der Waals surface area (Å²) in [5, 5.41) is 12.5. The molecule has 1 saturated heterocycles. The third-order valence-corrected chi connectivity index (χ3v) is 4.50. The lowest BCUT2D eigenvalue weighted by molar-refractivity contribution is -0.126. The summed E-state index contributed by atoms with van der Waals surface area (Å²) in [7, 11) is 0. The zero-order chi connectivity index (χ0) is 14.5. The first kappa shape index (κ1) is 16.8.